The second-order valence-corrected chi connectivity index (χ2v) is 6.39. The molecule has 2 rings (SSSR count). The van der Waals surface area contributed by atoms with Gasteiger partial charge in [0, 0.05) is 44.9 Å². The molecule has 0 aromatic heterocycles. The number of carbonyl (C=O) groups is 2. The summed E-state index contributed by atoms with van der Waals surface area (Å²) in [7, 11) is 4.04. The Morgan fingerprint density at radius 3 is 2.23 bits per heavy atom. The van der Waals surface area contributed by atoms with E-state index in [1.165, 1.54) is 11.3 Å². The highest BCUT2D eigenvalue weighted by atomic mass is 16.2. The van der Waals surface area contributed by atoms with Crippen molar-refractivity contribution in [3.05, 3.63) is 65.7 Å². The van der Waals surface area contributed by atoms with E-state index in [-0.39, 0.29) is 18.2 Å². The average Bonchev–Trinajstić information content (AvgIpc) is 2.66. The van der Waals surface area contributed by atoms with Crippen molar-refractivity contribution in [1.29, 1.82) is 0 Å². The van der Waals surface area contributed by atoms with Crippen molar-refractivity contribution < 1.29 is 9.59 Å². The summed E-state index contributed by atoms with van der Waals surface area (Å²) in [5, 5.41) is 5.65. The van der Waals surface area contributed by atoms with Crippen LogP contribution in [0, 0.1) is 0 Å². The molecule has 0 heterocycles. The molecule has 0 fully saturated rings. The number of amides is 2. The normalized spacial score (nSPS) is 10.2. The predicted molar refractivity (Wildman–Crippen MR) is 105 cm³/mol. The Labute approximate surface area is 155 Å². The zero-order valence-corrected chi connectivity index (χ0v) is 15.5. The Bertz CT molecular complexity index is 697. The fourth-order valence-electron chi connectivity index (χ4n) is 2.55. The summed E-state index contributed by atoms with van der Waals surface area (Å²) in [4.78, 5) is 25.8. The highest BCUT2D eigenvalue weighted by molar-refractivity contribution is 5.94. The number of nitrogens with zero attached hydrogens (tertiary/aromatic N) is 1. The van der Waals surface area contributed by atoms with E-state index < -0.39 is 0 Å². The molecular formula is C21H27N3O2. The molecule has 0 spiro atoms. The number of carbonyl (C=O) groups excluding carboxylic acids is 2. The molecule has 0 atom stereocenters. The van der Waals surface area contributed by atoms with E-state index in [1.807, 2.05) is 32.3 Å². The van der Waals surface area contributed by atoms with Gasteiger partial charge in [0.2, 0.25) is 5.91 Å². The maximum Gasteiger partial charge on any atom is 0.251 e. The summed E-state index contributed by atoms with van der Waals surface area (Å²) in [5.74, 6) is -0.194. The van der Waals surface area contributed by atoms with Gasteiger partial charge in [0.15, 0.2) is 0 Å². The Balaban J connectivity index is 1.58. The van der Waals surface area contributed by atoms with E-state index in [2.05, 4.69) is 39.8 Å². The van der Waals surface area contributed by atoms with Gasteiger partial charge in [0.1, 0.15) is 0 Å². The van der Waals surface area contributed by atoms with Crippen LogP contribution in [0.3, 0.4) is 0 Å². The summed E-state index contributed by atoms with van der Waals surface area (Å²) >= 11 is 0. The monoisotopic (exact) mass is 353 g/mol. The van der Waals surface area contributed by atoms with Crippen LogP contribution in [0.25, 0.3) is 0 Å². The average molecular weight is 353 g/mol. The quantitative estimate of drug-likeness (QED) is 0.681. The summed E-state index contributed by atoms with van der Waals surface area (Å²) < 4.78 is 0. The van der Waals surface area contributed by atoms with Crippen LogP contribution >= 0.6 is 0 Å². The van der Waals surface area contributed by atoms with Gasteiger partial charge in [-0.05, 0) is 42.7 Å². The van der Waals surface area contributed by atoms with Crippen LogP contribution < -0.4 is 15.5 Å². The van der Waals surface area contributed by atoms with Crippen molar-refractivity contribution in [2.24, 2.45) is 0 Å². The molecule has 5 heteroatoms. The Morgan fingerprint density at radius 1 is 0.885 bits per heavy atom. The highest BCUT2D eigenvalue weighted by Crippen LogP contribution is 2.13. The van der Waals surface area contributed by atoms with Gasteiger partial charge < -0.3 is 15.5 Å². The third-order valence-electron chi connectivity index (χ3n) is 4.09. The SMILES string of the molecule is CN(C)c1ccc(CCCNC(=O)CCNC(=O)c2ccccc2)cc1. The molecule has 0 saturated carbocycles. The van der Waals surface area contributed by atoms with Gasteiger partial charge in [0.05, 0.1) is 0 Å². The van der Waals surface area contributed by atoms with Gasteiger partial charge >= 0.3 is 0 Å². The van der Waals surface area contributed by atoms with Crippen molar-refractivity contribution in [3.63, 3.8) is 0 Å². The number of hydrogen-bond donors (Lipinski definition) is 2. The largest absolute Gasteiger partial charge is 0.378 e. The van der Waals surface area contributed by atoms with Gasteiger partial charge in [-0.25, -0.2) is 0 Å². The predicted octanol–water partition coefficient (Wildman–Crippen LogP) is 2.62. The smallest absolute Gasteiger partial charge is 0.251 e. The number of anilines is 1. The first-order valence-electron chi connectivity index (χ1n) is 8.92. The molecule has 2 amide bonds. The third kappa shape index (κ3) is 6.59. The number of aryl methyl sites for hydroxylation is 1. The minimum Gasteiger partial charge on any atom is -0.378 e. The lowest BCUT2D eigenvalue weighted by molar-refractivity contribution is -0.120. The molecule has 2 N–H and O–H groups in total. The molecule has 0 aliphatic heterocycles. The van der Waals surface area contributed by atoms with Crippen LogP contribution in [-0.4, -0.2) is 39.0 Å². The number of hydrogen-bond acceptors (Lipinski definition) is 3. The second-order valence-electron chi connectivity index (χ2n) is 6.39. The van der Waals surface area contributed by atoms with Crippen LogP contribution in [0.15, 0.2) is 54.6 Å². The van der Waals surface area contributed by atoms with Crippen molar-refractivity contribution in [2.45, 2.75) is 19.3 Å². The fourth-order valence-corrected chi connectivity index (χ4v) is 2.55. The maximum absolute atomic E-state index is 11.9. The molecule has 138 valence electrons. The Kier molecular flexibility index (Phi) is 7.68. The van der Waals surface area contributed by atoms with Crippen LogP contribution in [0.4, 0.5) is 5.69 Å². The topological polar surface area (TPSA) is 61.4 Å². The van der Waals surface area contributed by atoms with E-state index in [9.17, 15) is 9.59 Å². The lowest BCUT2D eigenvalue weighted by atomic mass is 10.1. The van der Waals surface area contributed by atoms with Crippen LogP contribution in [0.1, 0.15) is 28.8 Å². The molecule has 2 aromatic rings. The summed E-state index contributed by atoms with van der Waals surface area (Å²) in [6.45, 7) is 0.979. The molecule has 5 nitrogen and oxygen atoms in total. The van der Waals surface area contributed by atoms with Gasteiger partial charge in [0.25, 0.3) is 5.91 Å². The third-order valence-corrected chi connectivity index (χ3v) is 4.09. The van der Waals surface area contributed by atoms with Crippen molar-refractivity contribution >= 4 is 17.5 Å². The number of benzene rings is 2. The molecule has 0 bridgehead atoms. The van der Waals surface area contributed by atoms with Gasteiger partial charge in [-0.3, -0.25) is 9.59 Å². The van der Waals surface area contributed by atoms with E-state index in [1.54, 1.807) is 12.1 Å². The number of rotatable bonds is 9. The highest BCUT2D eigenvalue weighted by Gasteiger charge is 2.05. The van der Waals surface area contributed by atoms with E-state index in [4.69, 9.17) is 0 Å². The van der Waals surface area contributed by atoms with Gasteiger partial charge in [-0.1, -0.05) is 30.3 Å². The van der Waals surface area contributed by atoms with Crippen molar-refractivity contribution in [1.82, 2.24) is 10.6 Å². The molecule has 2 aromatic carbocycles. The van der Waals surface area contributed by atoms with Crippen molar-refractivity contribution in [3.8, 4) is 0 Å². The standard InChI is InChI=1S/C21H27N3O2/c1-24(2)19-12-10-17(11-13-19)7-6-15-22-20(25)14-16-23-21(26)18-8-4-3-5-9-18/h3-5,8-13H,6-7,14-16H2,1-2H3,(H,22,25)(H,23,26). The number of nitrogens with one attached hydrogen (secondary N) is 2. The first-order chi connectivity index (χ1) is 12.6. The minimum absolute atomic E-state index is 0.0404. The van der Waals surface area contributed by atoms with Gasteiger partial charge in [-0.2, -0.15) is 0 Å². The van der Waals surface area contributed by atoms with Crippen molar-refractivity contribution in [2.75, 3.05) is 32.1 Å². The van der Waals surface area contributed by atoms with E-state index >= 15 is 0 Å². The summed E-state index contributed by atoms with van der Waals surface area (Å²) in [6.07, 6.45) is 2.11. The fraction of sp³-hybridized carbons (Fsp3) is 0.333. The molecule has 0 unspecified atom stereocenters. The minimum atomic E-state index is -0.153. The first-order valence-corrected chi connectivity index (χ1v) is 8.92. The van der Waals surface area contributed by atoms with E-state index in [0.717, 1.165) is 12.8 Å². The summed E-state index contributed by atoms with van der Waals surface area (Å²) in [5.41, 5.74) is 3.05. The molecular weight excluding hydrogens is 326 g/mol. The molecule has 0 saturated heterocycles. The molecule has 26 heavy (non-hydrogen) atoms. The molecule has 0 aliphatic rings. The maximum atomic E-state index is 11.9. The van der Waals surface area contributed by atoms with Crippen LogP contribution in [0.2, 0.25) is 0 Å². The Hall–Kier alpha value is -2.82. The van der Waals surface area contributed by atoms with Crippen LogP contribution in [-0.2, 0) is 11.2 Å². The van der Waals surface area contributed by atoms with E-state index in [0.29, 0.717) is 18.7 Å². The molecule has 0 radical (unpaired) electrons. The lowest BCUT2D eigenvalue weighted by Crippen LogP contribution is -2.31. The second kappa shape index (κ2) is 10.2. The first kappa shape index (κ1) is 19.5. The zero-order chi connectivity index (χ0) is 18.8. The lowest BCUT2D eigenvalue weighted by Gasteiger charge is -2.12. The zero-order valence-electron chi connectivity index (χ0n) is 15.5. The Morgan fingerprint density at radius 2 is 1.58 bits per heavy atom. The molecule has 0 aliphatic carbocycles. The summed E-state index contributed by atoms with van der Waals surface area (Å²) in [6, 6.07) is 17.4. The van der Waals surface area contributed by atoms with Gasteiger partial charge in [-0.15, -0.1) is 0 Å². The van der Waals surface area contributed by atoms with Crippen LogP contribution in [0.5, 0.6) is 0 Å².